The molecule has 1 heterocycles. The van der Waals surface area contributed by atoms with Crippen molar-refractivity contribution in [1.82, 2.24) is 9.78 Å². The van der Waals surface area contributed by atoms with E-state index in [0.717, 1.165) is 10.0 Å². The van der Waals surface area contributed by atoms with E-state index >= 15 is 0 Å². The van der Waals surface area contributed by atoms with Gasteiger partial charge in [0, 0.05) is 16.9 Å². The van der Waals surface area contributed by atoms with Crippen LogP contribution in [-0.2, 0) is 9.53 Å². The zero-order valence-corrected chi connectivity index (χ0v) is 10.8. The molecule has 1 unspecified atom stereocenters. The number of carbonyl (C=O) groups is 1. The molecule has 4 nitrogen and oxygen atoms in total. The second kappa shape index (κ2) is 5.14. The minimum absolute atomic E-state index is 0.341. The van der Waals surface area contributed by atoms with E-state index in [2.05, 4.69) is 21.0 Å². The lowest BCUT2D eigenvalue weighted by Gasteiger charge is -2.15. The van der Waals surface area contributed by atoms with Crippen LogP contribution >= 0.6 is 15.9 Å². The first kappa shape index (κ1) is 11.9. The van der Waals surface area contributed by atoms with Crippen molar-refractivity contribution in [2.45, 2.75) is 6.04 Å². The molecule has 0 saturated carbocycles. The molecular formula is C12H11BrN2O2. The summed E-state index contributed by atoms with van der Waals surface area (Å²) in [6.45, 7) is 0. The SMILES string of the molecule is COC(=O)C(c1cccc(Br)c1)n1cccn1. The smallest absolute Gasteiger partial charge is 0.335 e. The first-order valence-corrected chi connectivity index (χ1v) is 5.84. The highest BCUT2D eigenvalue weighted by molar-refractivity contribution is 9.10. The summed E-state index contributed by atoms with van der Waals surface area (Å²) in [5, 5.41) is 4.09. The maximum Gasteiger partial charge on any atom is 0.335 e. The molecule has 0 spiro atoms. The molecule has 1 aromatic carbocycles. The van der Waals surface area contributed by atoms with Crippen LogP contribution in [0.1, 0.15) is 11.6 Å². The van der Waals surface area contributed by atoms with Gasteiger partial charge < -0.3 is 4.74 Å². The second-order valence-corrected chi connectivity index (χ2v) is 4.38. The van der Waals surface area contributed by atoms with Crippen molar-refractivity contribution < 1.29 is 9.53 Å². The lowest BCUT2D eigenvalue weighted by atomic mass is 10.1. The molecule has 17 heavy (non-hydrogen) atoms. The molecule has 2 rings (SSSR count). The number of ether oxygens (including phenoxy) is 1. The minimum atomic E-state index is -0.549. The van der Waals surface area contributed by atoms with Gasteiger partial charge in [0.05, 0.1) is 7.11 Å². The summed E-state index contributed by atoms with van der Waals surface area (Å²) in [4.78, 5) is 11.8. The van der Waals surface area contributed by atoms with E-state index in [-0.39, 0.29) is 5.97 Å². The van der Waals surface area contributed by atoms with E-state index in [1.54, 1.807) is 23.1 Å². The van der Waals surface area contributed by atoms with Gasteiger partial charge in [-0.15, -0.1) is 0 Å². The maximum absolute atomic E-state index is 11.8. The summed E-state index contributed by atoms with van der Waals surface area (Å²) < 4.78 is 7.31. The van der Waals surface area contributed by atoms with E-state index < -0.39 is 6.04 Å². The Bertz CT molecular complexity index is 511. The van der Waals surface area contributed by atoms with Crippen molar-refractivity contribution in [1.29, 1.82) is 0 Å². The van der Waals surface area contributed by atoms with Crippen LogP contribution in [-0.4, -0.2) is 22.9 Å². The third-order valence-corrected chi connectivity index (χ3v) is 2.87. The van der Waals surface area contributed by atoms with Crippen LogP contribution in [0, 0.1) is 0 Å². The Morgan fingerprint density at radius 2 is 2.29 bits per heavy atom. The molecule has 0 amide bonds. The van der Waals surface area contributed by atoms with E-state index in [9.17, 15) is 4.79 Å². The van der Waals surface area contributed by atoms with Crippen molar-refractivity contribution >= 4 is 21.9 Å². The van der Waals surface area contributed by atoms with Crippen molar-refractivity contribution in [2.75, 3.05) is 7.11 Å². The van der Waals surface area contributed by atoms with Gasteiger partial charge in [-0.3, -0.25) is 4.68 Å². The number of methoxy groups -OCH3 is 1. The molecule has 0 N–H and O–H groups in total. The third kappa shape index (κ3) is 2.55. The number of benzene rings is 1. The average molecular weight is 295 g/mol. The van der Waals surface area contributed by atoms with E-state index in [0.29, 0.717) is 0 Å². The van der Waals surface area contributed by atoms with Crippen molar-refractivity contribution in [2.24, 2.45) is 0 Å². The predicted molar refractivity (Wildman–Crippen MR) is 66.5 cm³/mol. The molecule has 1 atom stereocenters. The molecule has 0 bridgehead atoms. The van der Waals surface area contributed by atoms with E-state index in [1.165, 1.54) is 7.11 Å². The Morgan fingerprint density at radius 3 is 2.88 bits per heavy atom. The second-order valence-electron chi connectivity index (χ2n) is 3.47. The number of hydrogen-bond donors (Lipinski definition) is 0. The number of rotatable bonds is 3. The summed E-state index contributed by atoms with van der Waals surface area (Å²) in [6, 6.07) is 8.75. The molecule has 0 fully saturated rings. The summed E-state index contributed by atoms with van der Waals surface area (Å²) in [5.74, 6) is -0.341. The molecule has 0 radical (unpaired) electrons. The summed E-state index contributed by atoms with van der Waals surface area (Å²) >= 11 is 3.38. The highest BCUT2D eigenvalue weighted by Crippen LogP contribution is 2.22. The predicted octanol–water partition coefficient (Wildman–Crippen LogP) is 2.41. The van der Waals surface area contributed by atoms with Gasteiger partial charge in [-0.05, 0) is 23.8 Å². The molecule has 1 aromatic heterocycles. The van der Waals surface area contributed by atoms with E-state index in [1.807, 2.05) is 24.3 Å². The fraction of sp³-hybridized carbons (Fsp3) is 0.167. The number of hydrogen-bond acceptors (Lipinski definition) is 3. The number of aromatic nitrogens is 2. The fourth-order valence-corrected chi connectivity index (χ4v) is 2.04. The summed E-state index contributed by atoms with van der Waals surface area (Å²) in [5.41, 5.74) is 0.829. The van der Waals surface area contributed by atoms with Gasteiger partial charge in [-0.1, -0.05) is 28.1 Å². The molecule has 0 aliphatic heterocycles. The lowest BCUT2D eigenvalue weighted by molar-refractivity contribution is -0.143. The van der Waals surface area contributed by atoms with Crippen molar-refractivity contribution in [3.8, 4) is 0 Å². The summed E-state index contributed by atoms with van der Waals surface area (Å²) in [7, 11) is 1.37. The zero-order valence-electron chi connectivity index (χ0n) is 9.21. The number of esters is 1. The molecule has 0 saturated heterocycles. The van der Waals surface area contributed by atoms with Crippen LogP contribution in [0.25, 0.3) is 0 Å². The summed E-state index contributed by atoms with van der Waals surface area (Å²) in [6.07, 6.45) is 3.37. The van der Waals surface area contributed by atoms with Crippen LogP contribution in [0.3, 0.4) is 0 Å². The Morgan fingerprint density at radius 1 is 1.47 bits per heavy atom. The molecule has 2 aromatic rings. The minimum Gasteiger partial charge on any atom is -0.467 e. The van der Waals surface area contributed by atoms with Crippen LogP contribution in [0.2, 0.25) is 0 Å². The van der Waals surface area contributed by atoms with Crippen molar-refractivity contribution in [3.05, 3.63) is 52.8 Å². The van der Waals surface area contributed by atoms with Crippen LogP contribution in [0.4, 0.5) is 0 Å². The first-order chi connectivity index (χ1) is 8.22. The molecule has 0 aliphatic carbocycles. The fourth-order valence-electron chi connectivity index (χ4n) is 1.62. The first-order valence-electron chi connectivity index (χ1n) is 5.05. The number of halogens is 1. The lowest BCUT2D eigenvalue weighted by Crippen LogP contribution is -2.22. The Hall–Kier alpha value is -1.62. The van der Waals surface area contributed by atoms with Gasteiger partial charge in [-0.2, -0.15) is 5.10 Å². The molecule has 0 aliphatic rings. The highest BCUT2D eigenvalue weighted by Gasteiger charge is 2.23. The maximum atomic E-state index is 11.8. The topological polar surface area (TPSA) is 44.1 Å². The third-order valence-electron chi connectivity index (χ3n) is 2.38. The Kier molecular flexibility index (Phi) is 3.58. The standard InChI is InChI=1S/C12H11BrN2O2/c1-17-12(16)11(15-7-3-6-14-15)9-4-2-5-10(13)8-9/h2-8,11H,1H3. The van der Waals surface area contributed by atoms with Crippen molar-refractivity contribution in [3.63, 3.8) is 0 Å². The van der Waals surface area contributed by atoms with E-state index in [4.69, 9.17) is 4.74 Å². The highest BCUT2D eigenvalue weighted by atomic mass is 79.9. The Balaban J connectivity index is 2.44. The average Bonchev–Trinajstić information content (AvgIpc) is 2.83. The quantitative estimate of drug-likeness (QED) is 0.817. The van der Waals surface area contributed by atoms with Gasteiger partial charge in [-0.25, -0.2) is 4.79 Å². The van der Waals surface area contributed by atoms with Gasteiger partial charge in [0.2, 0.25) is 0 Å². The monoisotopic (exact) mass is 294 g/mol. The molecule has 5 heteroatoms. The number of carbonyl (C=O) groups excluding carboxylic acids is 1. The van der Waals surface area contributed by atoms with Crippen LogP contribution < -0.4 is 0 Å². The van der Waals surface area contributed by atoms with Gasteiger partial charge in [0.25, 0.3) is 0 Å². The van der Waals surface area contributed by atoms with Gasteiger partial charge >= 0.3 is 5.97 Å². The molecular weight excluding hydrogens is 284 g/mol. The molecule has 88 valence electrons. The van der Waals surface area contributed by atoms with Gasteiger partial charge in [0.15, 0.2) is 6.04 Å². The largest absolute Gasteiger partial charge is 0.467 e. The van der Waals surface area contributed by atoms with Crippen LogP contribution in [0.5, 0.6) is 0 Å². The Labute approximate surface area is 107 Å². The van der Waals surface area contributed by atoms with Gasteiger partial charge in [0.1, 0.15) is 0 Å². The zero-order chi connectivity index (χ0) is 12.3. The number of nitrogens with zero attached hydrogens (tertiary/aromatic N) is 2. The van der Waals surface area contributed by atoms with Crippen LogP contribution in [0.15, 0.2) is 47.2 Å². The normalized spacial score (nSPS) is 12.1.